The quantitative estimate of drug-likeness (QED) is 0.266. The molecule has 24 heavy (non-hydrogen) atoms. The van der Waals surface area contributed by atoms with Gasteiger partial charge in [-0.1, -0.05) is 24.3 Å². The Morgan fingerprint density at radius 2 is 1.58 bits per heavy atom. The van der Waals surface area contributed by atoms with Crippen molar-refractivity contribution in [1.82, 2.24) is 10.3 Å². The van der Waals surface area contributed by atoms with Gasteiger partial charge in [0.15, 0.2) is 11.6 Å². The van der Waals surface area contributed by atoms with Gasteiger partial charge in [-0.25, -0.2) is 4.63 Å². The van der Waals surface area contributed by atoms with Crippen molar-refractivity contribution in [2.75, 3.05) is 0 Å². The van der Waals surface area contributed by atoms with E-state index in [-0.39, 0.29) is 64.8 Å². The molecule has 114 valence electrons. The molecule has 1 aromatic heterocycles. The van der Waals surface area contributed by atoms with Gasteiger partial charge in [0.05, 0.1) is 4.92 Å². The second-order valence-electron chi connectivity index (χ2n) is 5.10. The summed E-state index contributed by atoms with van der Waals surface area (Å²) in [6, 6.07) is 9.08. The van der Waals surface area contributed by atoms with Gasteiger partial charge in [-0.15, -0.1) is 0 Å². The first-order valence-corrected chi connectivity index (χ1v) is 6.66. The summed E-state index contributed by atoms with van der Waals surface area (Å²) in [5.74, 6) is -1.80. The van der Waals surface area contributed by atoms with Gasteiger partial charge in [-0.2, -0.15) is 0 Å². The molecule has 0 unspecified atom stereocenters. The summed E-state index contributed by atoms with van der Waals surface area (Å²) in [6.07, 6.45) is 0. The third-order valence-corrected chi connectivity index (χ3v) is 3.92. The monoisotopic (exact) mass is 333 g/mol. The van der Waals surface area contributed by atoms with E-state index >= 15 is 0 Å². The Bertz CT molecular complexity index is 984. The number of aromatic nitrogens is 2. The SMILES string of the molecule is O=C1c2ccccc2C(=O)C1c1ccc([N+](=O)[O-])c2nonc12.[H-].[Na+]. The number of benzene rings is 2. The van der Waals surface area contributed by atoms with Crippen LogP contribution in [0.5, 0.6) is 0 Å². The average Bonchev–Trinajstić information content (AvgIpc) is 3.12. The maximum Gasteiger partial charge on any atom is 1.00 e. The van der Waals surface area contributed by atoms with Crippen molar-refractivity contribution in [3.8, 4) is 0 Å². The van der Waals surface area contributed by atoms with Gasteiger partial charge in [0.1, 0.15) is 11.4 Å². The molecule has 2 aromatic carbocycles. The maximum absolute atomic E-state index is 12.6. The van der Waals surface area contributed by atoms with E-state index in [9.17, 15) is 19.7 Å². The molecular weight excluding hydrogens is 325 g/mol. The molecule has 0 amide bonds. The molecule has 0 N–H and O–H groups in total. The summed E-state index contributed by atoms with van der Waals surface area (Å²) in [6.45, 7) is 0. The number of non-ortho nitro benzene ring substituents is 1. The number of carbonyl (C=O) groups is 2. The van der Waals surface area contributed by atoms with Crippen molar-refractivity contribution in [2.24, 2.45) is 0 Å². The van der Waals surface area contributed by atoms with Gasteiger partial charge in [0.25, 0.3) is 0 Å². The number of nitro groups is 1. The van der Waals surface area contributed by atoms with Crippen LogP contribution >= 0.6 is 0 Å². The predicted octanol–water partition coefficient (Wildman–Crippen LogP) is -0.590. The van der Waals surface area contributed by atoms with Crippen molar-refractivity contribution < 1.29 is 50.1 Å². The summed E-state index contributed by atoms with van der Waals surface area (Å²) < 4.78 is 4.58. The van der Waals surface area contributed by atoms with Crippen LogP contribution in [0.3, 0.4) is 0 Å². The van der Waals surface area contributed by atoms with Gasteiger partial charge in [0.2, 0.25) is 5.52 Å². The molecule has 3 aromatic rings. The number of carbonyl (C=O) groups excluding carboxylic acids is 2. The molecule has 8 nitrogen and oxygen atoms in total. The summed E-state index contributed by atoms with van der Waals surface area (Å²) in [5.41, 5.74) is 0.622. The molecule has 0 saturated heterocycles. The molecule has 1 aliphatic rings. The van der Waals surface area contributed by atoms with Crippen LogP contribution in [0.2, 0.25) is 0 Å². The van der Waals surface area contributed by atoms with Crippen LogP contribution in [-0.2, 0) is 0 Å². The number of Topliss-reactive ketones (excluding diaryl/α,β-unsaturated/α-hetero) is 2. The first-order chi connectivity index (χ1) is 11.1. The molecule has 0 fully saturated rings. The van der Waals surface area contributed by atoms with Crippen LogP contribution in [-0.4, -0.2) is 26.8 Å². The fraction of sp³-hybridized carbons (Fsp3) is 0.0667. The van der Waals surface area contributed by atoms with Crippen molar-refractivity contribution in [2.45, 2.75) is 5.92 Å². The minimum atomic E-state index is -1.08. The number of nitro benzene ring substituents is 1. The molecule has 0 aliphatic heterocycles. The van der Waals surface area contributed by atoms with Crippen LogP contribution < -0.4 is 29.6 Å². The average molecular weight is 333 g/mol. The molecule has 0 bridgehead atoms. The van der Waals surface area contributed by atoms with Crippen LogP contribution in [0.15, 0.2) is 41.0 Å². The Morgan fingerprint density at radius 1 is 1.00 bits per heavy atom. The van der Waals surface area contributed by atoms with Crippen LogP contribution in [0.1, 0.15) is 33.6 Å². The Labute approximate surface area is 157 Å². The van der Waals surface area contributed by atoms with Crippen molar-refractivity contribution >= 4 is 28.3 Å². The zero-order valence-corrected chi connectivity index (χ0v) is 14.4. The molecule has 4 rings (SSSR count). The molecule has 1 heterocycles. The zero-order valence-electron chi connectivity index (χ0n) is 13.4. The number of rotatable bonds is 2. The minimum absolute atomic E-state index is 0. The molecule has 0 atom stereocenters. The minimum Gasteiger partial charge on any atom is -1.00 e. The number of fused-ring (bicyclic) bond motifs is 2. The van der Waals surface area contributed by atoms with E-state index in [1.54, 1.807) is 24.3 Å². The molecule has 9 heteroatoms. The van der Waals surface area contributed by atoms with E-state index in [1.807, 2.05) is 0 Å². The van der Waals surface area contributed by atoms with E-state index in [0.717, 1.165) is 0 Å². The summed E-state index contributed by atoms with van der Waals surface area (Å²) >= 11 is 0. The normalized spacial score (nSPS) is 13.8. The van der Waals surface area contributed by atoms with E-state index in [0.29, 0.717) is 11.1 Å². The third kappa shape index (κ3) is 2.19. The number of ketones is 2. The molecule has 1 aliphatic carbocycles. The summed E-state index contributed by atoms with van der Waals surface area (Å²) in [5, 5.41) is 18.2. The number of hydrogen-bond acceptors (Lipinski definition) is 7. The fourth-order valence-electron chi connectivity index (χ4n) is 2.88. The summed E-state index contributed by atoms with van der Waals surface area (Å²) in [7, 11) is 0. The maximum atomic E-state index is 12.6. The Kier molecular flexibility index (Phi) is 4.04. The Morgan fingerprint density at radius 3 is 2.17 bits per heavy atom. The third-order valence-electron chi connectivity index (χ3n) is 3.92. The molecule has 0 radical (unpaired) electrons. The first kappa shape index (κ1) is 16.4. The van der Waals surface area contributed by atoms with E-state index < -0.39 is 10.8 Å². The molecule has 0 saturated carbocycles. The Balaban J connectivity index is 0.00000113. The summed E-state index contributed by atoms with van der Waals surface area (Å²) in [4.78, 5) is 35.5. The van der Waals surface area contributed by atoms with E-state index in [2.05, 4.69) is 14.9 Å². The smallest absolute Gasteiger partial charge is 1.00 e. The van der Waals surface area contributed by atoms with Gasteiger partial charge in [-0.05, 0) is 16.4 Å². The predicted molar refractivity (Wildman–Crippen MR) is 77.4 cm³/mol. The Hall–Kier alpha value is -2.42. The standard InChI is InChI=1S/C15H7N3O5.Na.H/c19-14-7-3-1-2-4-8(7)15(20)11(14)9-5-6-10(18(21)22)13-12(9)16-23-17-13;;/h1-6,11H;;/q;+1;-1. The molecule has 0 spiro atoms. The second-order valence-corrected chi connectivity index (χ2v) is 5.10. The first-order valence-electron chi connectivity index (χ1n) is 6.66. The van der Waals surface area contributed by atoms with Gasteiger partial charge in [-0.3, -0.25) is 19.7 Å². The van der Waals surface area contributed by atoms with Gasteiger partial charge in [0, 0.05) is 22.8 Å². The number of nitrogens with zero attached hydrogens (tertiary/aromatic N) is 3. The van der Waals surface area contributed by atoms with Gasteiger partial charge < -0.3 is 1.43 Å². The van der Waals surface area contributed by atoms with Crippen molar-refractivity contribution in [3.05, 3.63) is 63.2 Å². The topological polar surface area (TPSA) is 116 Å². The second kappa shape index (κ2) is 5.90. The van der Waals surface area contributed by atoms with E-state index in [1.165, 1.54) is 12.1 Å². The fourth-order valence-corrected chi connectivity index (χ4v) is 2.88. The van der Waals surface area contributed by atoms with Gasteiger partial charge >= 0.3 is 35.2 Å². The largest absolute Gasteiger partial charge is 1.00 e. The van der Waals surface area contributed by atoms with Crippen LogP contribution in [0.4, 0.5) is 5.69 Å². The molecular formula is C15H8N3NaO5. The number of hydrogen-bond donors (Lipinski definition) is 0. The van der Waals surface area contributed by atoms with Crippen molar-refractivity contribution in [1.29, 1.82) is 0 Å². The van der Waals surface area contributed by atoms with E-state index in [4.69, 9.17) is 0 Å². The van der Waals surface area contributed by atoms with Crippen LogP contribution in [0.25, 0.3) is 11.0 Å². The van der Waals surface area contributed by atoms with Crippen molar-refractivity contribution in [3.63, 3.8) is 0 Å². The zero-order chi connectivity index (χ0) is 16.1. The van der Waals surface area contributed by atoms with Crippen LogP contribution in [0, 0.1) is 10.1 Å².